The van der Waals surface area contributed by atoms with Crippen molar-refractivity contribution in [3.63, 3.8) is 0 Å². The van der Waals surface area contributed by atoms with Crippen molar-refractivity contribution in [2.45, 2.75) is 0 Å². The molecule has 2 rings (SSSR count). The number of phenolic OH excluding ortho intramolecular Hbond substituents is 1. The molecule has 0 saturated heterocycles. The fourth-order valence-corrected chi connectivity index (χ4v) is 1.29. The Bertz CT molecular complexity index is 574. The molecule has 0 saturated carbocycles. The molecular weight excluding hydrogens is 236 g/mol. The van der Waals surface area contributed by atoms with Gasteiger partial charge in [0.05, 0.1) is 6.21 Å². The number of hydrazone groups is 1. The molecule has 0 aliphatic heterocycles. The maximum absolute atomic E-state index is 9.49. The molecule has 5 nitrogen and oxygen atoms in total. The maximum Gasteiger partial charge on any atom is 0.166 e. The number of anilines is 1. The molecule has 0 spiro atoms. The highest BCUT2D eigenvalue weighted by molar-refractivity contribution is 7.71. The van der Waals surface area contributed by atoms with Gasteiger partial charge in [-0.15, -0.1) is 0 Å². The van der Waals surface area contributed by atoms with Gasteiger partial charge in [0.1, 0.15) is 10.4 Å². The average molecular weight is 246 g/mol. The normalized spacial score (nSPS) is 10.6. The van der Waals surface area contributed by atoms with Crippen molar-refractivity contribution >= 4 is 24.3 Å². The van der Waals surface area contributed by atoms with Crippen LogP contribution in [-0.4, -0.2) is 21.5 Å². The van der Waals surface area contributed by atoms with Gasteiger partial charge in [-0.1, -0.05) is 24.4 Å². The summed E-state index contributed by atoms with van der Waals surface area (Å²) in [6.45, 7) is 0. The van der Waals surface area contributed by atoms with Crippen LogP contribution in [0.4, 0.5) is 5.82 Å². The van der Waals surface area contributed by atoms with Crippen LogP contribution in [0.15, 0.2) is 41.5 Å². The number of hydrogen-bond donors (Lipinski definition) is 3. The second kappa shape index (κ2) is 5.22. The summed E-state index contributed by atoms with van der Waals surface area (Å²) >= 11 is 4.86. The number of para-hydroxylation sites is 1. The molecule has 0 unspecified atom stereocenters. The predicted octanol–water partition coefficient (Wildman–Crippen LogP) is 2.29. The van der Waals surface area contributed by atoms with Crippen LogP contribution in [0.2, 0.25) is 0 Å². The number of nitrogens with zero attached hydrogens (tertiary/aromatic N) is 2. The molecule has 1 aromatic carbocycles. The monoisotopic (exact) mass is 246 g/mol. The molecule has 0 fully saturated rings. The van der Waals surface area contributed by atoms with Crippen LogP contribution in [0.1, 0.15) is 5.56 Å². The van der Waals surface area contributed by atoms with E-state index in [-0.39, 0.29) is 5.75 Å². The van der Waals surface area contributed by atoms with Crippen LogP contribution in [0.3, 0.4) is 0 Å². The van der Waals surface area contributed by atoms with Crippen LogP contribution >= 0.6 is 12.2 Å². The van der Waals surface area contributed by atoms with Crippen molar-refractivity contribution in [2.75, 3.05) is 5.43 Å². The fraction of sp³-hybridized carbons (Fsp3) is 0. The Labute approximate surface area is 103 Å². The second-order valence-electron chi connectivity index (χ2n) is 3.24. The van der Waals surface area contributed by atoms with E-state index in [4.69, 9.17) is 12.2 Å². The van der Waals surface area contributed by atoms with E-state index in [0.29, 0.717) is 16.0 Å². The van der Waals surface area contributed by atoms with E-state index in [0.717, 1.165) is 0 Å². The van der Waals surface area contributed by atoms with E-state index in [2.05, 4.69) is 20.7 Å². The van der Waals surface area contributed by atoms with Gasteiger partial charge >= 0.3 is 0 Å². The number of nitrogens with one attached hydrogen (secondary N) is 2. The van der Waals surface area contributed by atoms with Gasteiger partial charge in [-0.3, -0.25) is 10.5 Å². The molecule has 0 amide bonds. The molecule has 0 aliphatic rings. The summed E-state index contributed by atoms with van der Waals surface area (Å²) in [6, 6.07) is 10.3. The van der Waals surface area contributed by atoms with Gasteiger partial charge in [-0.2, -0.15) is 10.2 Å². The average Bonchev–Trinajstić information content (AvgIpc) is 2.34. The summed E-state index contributed by atoms with van der Waals surface area (Å²) in [5.41, 5.74) is 3.35. The lowest BCUT2D eigenvalue weighted by molar-refractivity contribution is 0.474. The summed E-state index contributed by atoms with van der Waals surface area (Å²) in [7, 11) is 0. The Hall–Kier alpha value is -2.21. The van der Waals surface area contributed by atoms with Gasteiger partial charge in [0, 0.05) is 5.56 Å². The van der Waals surface area contributed by atoms with E-state index in [1.54, 1.807) is 30.3 Å². The van der Waals surface area contributed by atoms with E-state index >= 15 is 0 Å². The fourth-order valence-electron chi connectivity index (χ4n) is 1.17. The highest BCUT2D eigenvalue weighted by Gasteiger charge is 1.94. The summed E-state index contributed by atoms with van der Waals surface area (Å²) in [4.78, 5) is 0. The Morgan fingerprint density at radius 1 is 1.29 bits per heavy atom. The molecule has 1 aromatic heterocycles. The minimum atomic E-state index is 0.179. The molecule has 6 heteroatoms. The molecule has 0 bridgehead atoms. The number of aromatic nitrogens is 2. The SMILES string of the molecule is Oc1ccccc1C=NNc1ccc(=S)[nH]n1. The second-order valence-corrected chi connectivity index (χ2v) is 3.68. The van der Waals surface area contributed by atoms with Crippen LogP contribution < -0.4 is 5.43 Å². The van der Waals surface area contributed by atoms with Gasteiger partial charge in [-0.25, -0.2) is 0 Å². The number of aromatic amines is 1. The lowest BCUT2D eigenvalue weighted by atomic mass is 10.2. The molecule has 0 radical (unpaired) electrons. The van der Waals surface area contributed by atoms with Gasteiger partial charge in [-0.05, 0) is 24.3 Å². The largest absolute Gasteiger partial charge is 0.507 e. The van der Waals surface area contributed by atoms with Crippen molar-refractivity contribution in [1.29, 1.82) is 0 Å². The third-order valence-corrected chi connectivity index (χ3v) is 2.23. The van der Waals surface area contributed by atoms with Crippen molar-refractivity contribution in [1.82, 2.24) is 10.2 Å². The smallest absolute Gasteiger partial charge is 0.166 e. The summed E-state index contributed by atoms with van der Waals surface area (Å²) in [5.74, 6) is 0.726. The van der Waals surface area contributed by atoms with Gasteiger partial charge in [0.2, 0.25) is 0 Å². The first kappa shape index (κ1) is 11.3. The maximum atomic E-state index is 9.49. The Morgan fingerprint density at radius 2 is 2.12 bits per heavy atom. The molecule has 0 atom stereocenters. The number of aromatic hydroxyl groups is 1. The standard InChI is InChI=1S/C11H10N4OS/c16-9-4-2-1-3-8(9)7-12-13-10-5-6-11(17)15-14-10/h1-7,16H,(H,13,14)(H,15,17). The third-order valence-electron chi connectivity index (χ3n) is 2.00. The highest BCUT2D eigenvalue weighted by Crippen LogP contribution is 2.12. The van der Waals surface area contributed by atoms with Gasteiger partial charge < -0.3 is 5.11 Å². The Kier molecular flexibility index (Phi) is 3.46. The zero-order chi connectivity index (χ0) is 12.1. The zero-order valence-corrected chi connectivity index (χ0v) is 9.61. The minimum Gasteiger partial charge on any atom is -0.507 e. The van der Waals surface area contributed by atoms with Crippen LogP contribution in [0.25, 0.3) is 0 Å². The van der Waals surface area contributed by atoms with Gasteiger partial charge in [0.25, 0.3) is 0 Å². The Morgan fingerprint density at radius 3 is 2.82 bits per heavy atom. The lowest BCUT2D eigenvalue weighted by Crippen LogP contribution is -1.94. The van der Waals surface area contributed by atoms with E-state index in [1.807, 2.05) is 6.07 Å². The number of H-pyrrole nitrogens is 1. The van der Waals surface area contributed by atoms with Gasteiger partial charge in [0.15, 0.2) is 5.82 Å². The zero-order valence-electron chi connectivity index (χ0n) is 8.79. The van der Waals surface area contributed by atoms with Crippen LogP contribution in [0, 0.1) is 4.64 Å². The summed E-state index contributed by atoms with van der Waals surface area (Å²) in [6.07, 6.45) is 1.51. The quantitative estimate of drug-likeness (QED) is 0.441. The van der Waals surface area contributed by atoms with E-state index in [1.165, 1.54) is 6.21 Å². The molecule has 1 heterocycles. The molecule has 2 aromatic rings. The van der Waals surface area contributed by atoms with Crippen LogP contribution in [0.5, 0.6) is 5.75 Å². The van der Waals surface area contributed by atoms with Crippen molar-refractivity contribution in [3.05, 3.63) is 46.6 Å². The Balaban J connectivity index is 2.05. The van der Waals surface area contributed by atoms with E-state index in [9.17, 15) is 5.11 Å². The summed E-state index contributed by atoms with van der Waals surface area (Å²) in [5, 5.41) is 20.0. The number of benzene rings is 1. The first-order chi connectivity index (χ1) is 8.25. The molecule has 3 N–H and O–H groups in total. The number of hydrogen-bond acceptors (Lipinski definition) is 5. The molecule has 0 aliphatic carbocycles. The number of rotatable bonds is 3. The minimum absolute atomic E-state index is 0.179. The van der Waals surface area contributed by atoms with E-state index < -0.39 is 0 Å². The third kappa shape index (κ3) is 3.12. The van der Waals surface area contributed by atoms with Crippen molar-refractivity contribution in [2.24, 2.45) is 5.10 Å². The van der Waals surface area contributed by atoms with Crippen LogP contribution in [-0.2, 0) is 0 Å². The molecular formula is C11H10N4OS. The molecule has 17 heavy (non-hydrogen) atoms. The lowest BCUT2D eigenvalue weighted by Gasteiger charge is -1.98. The first-order valence-corrected chi connectivity index (χ1v) is 5.29. The highest BCUT2D eigenvalue weighted by atomic mass is 32.1. The van der Waals surface area contributed by atoms with Crippen molar-refractivity contribution in [3.8, 4) is 5.75 Å². The predicted molar refractivity (Wildman–Crippen MR) is 68.7 cm³/mol. The number of phenols is 1. The topological polar surface area (TPSA) is 73.3 Å². The van der Waals surface area contributed by atoms with Crippen molar-refractivity contribution < 1.29 is 5.11 Å². The summed E-state index contributed by atoms with van der Waals surface area (Å²) < 4.78 is 0.556. The molecule has 86 valence electrons. The first-order valence-electron chi connectivity index (χ1n) is 4.88.